The lowest BCUT2D eigenvalue weighted by Gasteiger charge is -2.32. The Morgan fingerprint density at radius 1 is 0.963 bits per heavy atom. The largest absolute Gasteiger partial charge is 0.387 e. The minimum atomic E-state index is -3.61. The van der Waals surface area contributed by atoms with Gasteiger partial charge >= 0.3 is 6.80 Å². The Morgan fingerprint density at radius 3 is 1.89 bits per heavy atom. The molecule has 0 saturated carbocycles. The number of hydrogen-bond donors (Lipinski definition) is 1. The van der Waals surface area contributed by atoms with Crippen LogP contribution in [0.15, 0.2) is 60.7 Å². The van der Waals surface area contributed by atoms with Gasteiger partial charge in [0.2, 0.25) is 0 Å². The molecule has 0 radical (unpaired) electrons. The lowest BCUT2D eigenvalue weighted by molar-refractivity contribution is 0.171. The Bertz CT molecular complexity index is 653. The standard InChI is InChI=1S/C15H15O3PS.C6H15N/c16-19(17)18-14(12-7-3-1-4-8-12)11-15(20-19)13-9-5-2-6-10-13;1-4-7(5-2)6-3/h1-10,14-15H,11H2,(H,16,17);4-6H2,1-3H3/t14-,15-;/m1./s1. The zero-order valence-corrected chi connectivity index (χ0v) is 18.0. The molecule has 0 aliphatic carbocycles. The molecule has 27 heavy (non-hydrogen) atoms. The van der Waals surface area contributed by atoms with Gasteiger partial charge in [-0.1, -0.05) is 81.4 Å². The van der Waals surface area contributed by atoms with Crippen LogP contribution >= 0.6 is 18.2 Å². The fourth-order valence-electron chi connectivity index (χ4n) is 3.03. The van der Waals surface area contributed by atoms with E-state index in [9.17, 15) is 9.46 Å². The van der Waals surface area contributed by atoms with Gasteiger partial charge in [0.1, 0.15) is 0 Å². The molecular weight excluding hydrogens is 377 g/mol. The summed E-state index contributed by atoms with van der Waals surface area (Å²) in [6.07, 6.45) is 0.363. The Hall–Kier alpha value is -1.10. The second kappa shape index (κ2) is 11.0. The lowest BCUT2D eigenvalue weighted by Crippen LogP contribution is -2.21. The van der Waals surface area contributed by atoms with E-state index < -0.39 is 6.80 Å². The molecule has 1 aliphatic rings. The average molecular weight is 408 g/mol. The first-order valence-corrected chi connectivity index (χ1v) is 12.6. The highest BCUT2D eigenvalue weighted by Gasteiger charge is 2.38. The van der Waals surface area contributed by atoms with Crippen molar-refractivity contribution >= 4 is 18.2 Å². The number of nitrogens with zero attached hydrogens (tertiary/aromatic N) is 1. The zero-order valence-electron chi connectivity index (χ0n) is 16.3. The molecule has 0 amide bonds. The summed E-state index contributed by atoms with van der Waals surface area (Å²) >= 11 is 1.03. The van der Waals surface area contributed by atoms with Crippen LogP contribution in [-0.2, 0) is 9.09 Å². The van der Waals surface area contributed by atoms with Crippen molar-refractivity contribution in [3.63, 3.8) is 0 Å². The van der Waals surface area contributed by atoms with Crippen LogP contribution in [0, 0.1) is 0 Å². The molecule has 3 atom stereocenters. The Morgan fingerprint density at radius 2 is 1.44 bits per heavy atom. The van der Waals surface area contributed by atoms with Crippen molar-refractivity contribution < 1.29 is 14.0 Å². The summed E-state index contributed by atoms with van der Waals surface area (Å²) in [5.41, 5.74) is 2.01. The van der Waals surface area contributed by atoms with Crippen molar-refractivity contribution in [3.05, 3.63) is 71.8 Å². The predicted molar refractivity (Wildman–Crippen MR) is 115 cm³/mol. The smallest absolute Gasteiger partial charge is 0.316 e. The maximum absolute atomic E-state index is 12.1. The van der Waals surface area contributed by atoms with Gasteiger partial charge in [-0.25, -0.2) is 4.57 Å². The predicted octanol–water partition coefficient (Wildman–Crippen LogP) is 6.07. The Kier molecular flexibility index (Phi) is 9.07. The minimum absolute atomic E-state index is 0.0222. The summed E-state index contributed by atoms with van der Waals surface area (Å²) in [6, 6.07) is 19.5. The highest BCUT2D eigenvalue weighted by molar-refractivity contribution is 8.55. The van der Waals surface area contributed by atoms with Crippen molar-refractivity contribution in [1.29, 1.82) is 0 Å². The molecule has 1 aliphatic heterocycles. The van der Waals surface area contributed by atoms with Gasteiger partial charge in [0.25, 0.3) is 0 Å². The molecule has 3 rings (SSSR count). The van der Waals surface area contributed by atoms with E-state index >= 15 is 0 Å². The van der Waals surface area contributed by atoms with Gasteiger partial charge < -0.3 is 9.79 Å². The minimum Gasteiger partial charge on any atom is -0.316 e. The second-order valence-electron chi connectivity index (χ2n) is 6.33. The highest BCUT2D eigenvalue weighted by atomic mass is 32.7. The molecule has 1 N–H and O–H groups in total. The van der Waals surface area contributed by atoms with E-state index in [-0.39, 0.29) is 11.4 Å². The third-order valence-electron chi connectivity index (χ3n) is 4.63. The number of benzene rings is 2. The van der Waals surface area contributed by atoms with Gasteiger partial charge in [0, 0.05) is 5.25 Å². The first-order valence-electron chi connectivity index (χ1n) is 9.50. The van der Waals surface area contributed by atoms with Gasteiger partial charge in [-0.05, 0) is 48.6 Å². The van der Waals surface area contributed by atoms with Crippen LogP contribution < -0.4 is 0 Å². The second-order valence-corrected chi connectivity index (χ2v) is 10.3. The molecule has 1 fully saturated rings. The first-order chi connectivity index (χ1) is 13.0. The summed E-state index contributed by atoms with van der Waals surface area (Å²) in [4.78, 5) is 12.3. The SMILES string of the molecule is CCN(CC)CC.O=P1(O)O[C@@H](c2ccccc2)C[C@H](c2ccccc2)S1. The Balaban J connectivity index is 0.000000321. The van der Waals surface area contributed by atoms with E-state index in [1.807, 2.05) is 60.7 Å². The van der Waals surface area contributed by atoms with Gasteiger partial charge in [0.05, 0.1) is 6.10 Å². The van der Waals surface area contributed by atoms with Crippen LogP contribution in [0.25, 0.3) is 0 Å². The van der Waals surface area contributed by atoms with E-state index in [1.165, 1.54) is 19.6 Å². The monoisotopic (exact) mass is 407 g/mol. The van der Waals surface area contributed by atoms with Gasteiger partial charge in [-0.15, -0.1) is 0 Å². The molecule has 6 heteroatoms. The fraction of sp³-hybridized carbons (Fsp3) is 0.429. The quantitative estimate of drug-likeness (QED) is 0.610. The lowest BCUT2D eigenvalue weighted by atomic mass is 10.0. The molecule has 0 bridgehead atoms. The maximum atomic E-state index is 12.1. The van der Waals surface area contributed by atoms with E-state index in [2.05, 4.69) is 25.7 Å². The summed E-state index contributed by atoms with van der Waals surface area (Å²) < 4.78 is 17.5. The van der Waals surface area contributed by atoms with Gasteiger partial charge in [-0.3, -0.25) is 4.52 Å². The van der Waals surface area contributed by atoms with Crippen LogP contribution in [0.1, 0.15) is 49.7 Å². The maximum Gasteiger partial charge on any atom is 0.387 e. The molecule has 4 nitrogen and oxygen atoms in total. The van der Waals surface area contributed by atoms with Crippen LogP contribution in [-0.4, -0.2) is 29.4 Å². The molecule has 1 heterocycles. The van der Waals surface area contributed by atoms with Gasteiger partial charge in [-0.2, -0.15) is 0 Å². The van der Waals surface area contributed by atoms with Crippen LogP contribution in [0.4, 0.5) is 0 Å². The zero-order chi connectivity index (χ0) is 19.7. The van der Waals surface area contributed by atoms with Crippen LogP contribution in [0.3, 0.4) is 0 Å². The van der Waals surface area contributed by atoms with E-state index in [0.717, 1.165) is 22.5 Å². The fourth-order valence-corrected chi connectivity index (χ4v) is 6.52. The van der Waals surface area contributed by atoms with Gasteiger partial charge in [0.15, 0.2) is 0 Å². The van der Waals surface area contributed by atoms with E-state index in [4.69, 9.17) is 4.52 Å². The van der Waals surface area contributed by atoms with Crippen molar-refractivity contribution in [2.75, 3.05) is 19.6 Å². The third kappa shape index (κ3) is 7.10. The first kappa shape index (κ1) is 22.2. The summed E-state index contributed by atoms with van der Waals surface area (Å²) in [5, 5.41) is -0.0222. The van der Waals surface area contributed by atoms with Crippen molar-refractivity contribution in [3.8, 4) is 0 Å². The van der Waals surface area contributed by atoms with Crippen molar-refractivity contribution in [2.24, 2.45) is 0 Å². The van der Waals surface area contributed by atoms with E-state index in [0.29, 0.717) is 6.42 Å². The molecule has 2 aromatic rings. The van der Waals surface area contributed by atoms with E-state index in [1.54, 1.807) is 0 Å². The number of rotatable bonds is 5. The molecule has 148 valence electrons. The molecule has 1 saturated heterocycles. The van der Waals surface area contributed by atoms with Crippen LogP contribution in [0.5, 0.6) is 0 Å². The normalized spacial score (nSPS) is 24.9. The summed E-state index contributed by atoms with van der Waals surface area (Å²) in [7, 11) is 0. The molecule has 2 aromatic carbocycles. The summed E-state index contributed by atoms with van der Waals surface area (Å²) in [6.45, 7) is 6.51. The van der Waals surface area contributed by atoms with Crippen molar-refractivity contribution in [2.45, 2.75) is 38.5 Å². The van der Waals surface area contributed by atoms with Crippen molar-refractivity contribution in [1.82, 2.24) is 4.90 Å². The number of hydrogen-bond acceptors (Lipinski definition) is 4. The average Bonchev–Trinajstić information content (AvgIpc) is 2.70. The molecular formula is C21H30NO3PS. The molecule has 0 spiro atoms. The molecule has 1 unspecified atom stereocenters. The topological polar surface area (TPSA) is 49.8 Å². The highest BCUT2D eigenvalue weighted by Crippen LogP contribution is 2.69. The molecule has 0 aromatic heterocycles. The Labute approximate surface area is 167 Å². The van der Waals surface area contributed by atoms with Crippen LogP contribution in [0.2, 0.25) is 0 Å². The third-order valence-corrected chi connectivity index (χ3v) is 7.96. The summed E-state index contributed by atoms with van der Waals surface area (Å²) in [5.74, 6) is 0.